The minimum atomic E-state index is 0.347. The first-order valence-corrected chi connectivity index (χ1v) is 7.13. The van der Waals surface area contributed by atoms with E-state index >= 15 is 0 Å². The molecule has 3 rings (SSSR count). The number of rotatable bonds is 2. The van der Waals surface area contributed by atoms with E-state index < -0.39 is 0 Å². The Hall–Kier alpha value is -0.830. The molecule has 0 spiro atoms. The average Bonchev–Trinajstić information content (AvgIpc) is 2.85. The quantitative estimate of drug-likeness (QED) is 0.770. The Morgan fingerprint density at radius 2 is 2.19 bits per heavy atom. The minimum absolute atomic E-state index is 0.347. The van der Waals surface area contributed by atoms with Gasteiger partial charge in [-0.25, -0.2) is 0 Å². The lowest BCUT2D eigenvalue weighted by Gasteiger charge is -2.32. The topological polar surface area (TPSA) is 20.3 Å². The average molecular weight is 235 g/mol. The van der Waals surface area contributed by atoms with Crippen LogP contribution >= 0.6 is 11.3 Å². The molecule has 2 aliphatic rings. The van der Waals surface area contributed by atoms with Crippen molar-refractivity contribution < 1.29 is 4.79 Å². The zero-order valence-electron chi connectivity index (χ0n) is 9.39. The molecule has 1 aromatic heterocycles. The van der Waals surface area contributed by atoms with Crippen molar-refractivity contribution in [3.63, 3.8) is 0 Å². The molecular formula is C13H17NOS. The van der Waals surface area contributed by atoms with Gasteiger partial charge in [-0.15, -0.1) is 0 Å². The van der Waals surface area contributed by atoms with Crippen LogP contribution in [-0.2, 0) is 4.79 Å². The van der Waals surface area contributed by atoms with Crippen LogP contribution in [0.3, 0.4) is 0 Å². The van der Waals surface area contributed by atoms with Crippen molar-refractivity contribution in [3.8, 4) is 0 Å². The second-order valence-electron chi connectivity index (χ2n) is 4.87. The van der Waals surface area contributed by atoms with Crippen LogP contribution in [0.5, 0.6) is 0 Å². The van der Waals surface area contributed by atoms with Crippen LogP contribution in [0.1, 0.15) is 43.7 Å². The highest BCUT2D eigenvalue weighted by molar-refractivity contribution is 7.07. The first kappa shape index (κ1) is 10.3. The molecule has 16 heavy (non-hydrogen) atoms. The van der Waals surface area contributed by atoms with Crippen LogP contribution in [0.4, 0.5) is 0 Å². The standard InChI is InChI=1S/C13H17NOS/c15-13(10-3-1-4-10)14-7-2-5-12(14)11-6-8-16-9-11/h6,8-10,12H,1-5,7H2/t12-/m1/s1. The predicted molar refractivity (Wildman–Crippen MR) is 65.3 cm³/mol. The molecule has 3 heteroatoms. The van der Waals surface area contributed by atoms with Gasteiger partial charge in [0.2, 0.25) is 5.91 Å². The highest BCUT2D eigenvalue weighted by Gasteiger charge is 2.36. The maximum absolute atomic E-state index is 12.3. The van der Waals surface area contributed by atoms with Crippen molar-refractivity contribution in [1.82, 2.24) is 4.90 Å². The summed E-state index contributed by atoms with van der Waals surface area (Å²) in [7, 11) is 0. The van der Waals surface area contributed by atoms with Crippen molar-refractivity contribution in [2.75, 3.05) is 6.54 Å². The Bertz CT molecular complexity index is 369. The van der Waals surface area contributed by atoms with Crippen molar-refractivity contribution in [1.29, 1.82) is 0 Å². The second kappa shape index (κ2) is 4.21. The molecular weight excluding hydrogens is 218 g/mol. The predicted octanol–water partition coefficient (Wildman–Crippen LogP) is 3.21. The molecule has 1 amide bonds. The van der Waals surface area contributed by atoms with Gasteiger partial charge in [0.15, 0.2) is 0 Å². The van der Waals surface area contributed by atoms with Crippen molar-refractivity contribution in [3.05, 3.63) is 22.4 Å². The molecule has 1 aromatic rings. The summed E-state index contributed by atoms with van der Waals surface area (Å²) in [4.78, 5) is 14.4. The summed E-state index contributed by atoms with van der Waals surface area (Å²) in [5, 5.41) is 4.30. The zero-order valence-corrected chi connectivity index (χ0v) is 10.2. The summed E-state index contributed by atoms with van der Waals surface area (Å²) in [6.07, 6.45) is 5.79. The first-order valence-electron chi connectivity index (χ1n) is 6.19. The first-order chi connectivity index (χ1) is 7.86. The van der Waals surface area contributed by atoms with E-state index in [9.17, 15) is 4.79 Å². The van der Waals surface area contributed by atoms with Crippen LogP contribution < -0.4 is 0 Å². The number of hydrogen-bond donors (Lipinski definition) is 0. The molecule has 0 unspecified atom stereocenters. The second-order valence-corrected chi connectivity index (χ2v) is 5.65. The van der Waals surface area contributed by atoms with Gasteiger partial charge in [0.1, 0.15) is 0 Å². The van der Waals surface area contributed by atoms with Crippen LogP contribution in [0.15, 0.2) is 16.8 Å². The summed E-state index contributed by atoms with van der Waals surface area (Å²) in [5.74, 6) is 0.763. The maximum atomic E-state index is 12.3. The fraction of sp³-hybridized carbons (Fsp3) is 0.615. The Balaban J connectivity index is 1.76. The van der Waals surface area contributed by atoms with Gasteiger partial charge in [-0.05, 0) is 48.1 Å². The smallest absolute Gasteiger partial charge is 0.226 e. The third-order valence-electron chi connectivity index (χ3n) is 3.92. The molecule has 2 heterocycles. The third kappa shape index (κ3) is 1.67. The van der Waals surface area contributed by atoms with Gasteiger partial charge in [-0.1, -0.05) is 6.42 Å². The SMILES string of the molecule is O=C(C1CCC1)N1CCC[C@@H]1c1ccsc1. The number of thiophene rings is 1. The van der Waals surface area contributed by atoms with Gasteiger partial charge in [0.05, 0.1) is 6.04 Å². The van der Waals surface area contributed by atoms with Crippen molar-refractivity contribution >= 4 is 17.2 Å². The molecule has 86 valence electrons. The van der Waals surface area contributed by atoms with E-state index in [1.165, 1.54) is 18.4 Å². The number of nitrogens with zero attached hydrogens (tertiary/aromatic N) is 1. The molecule has 0 bridgehead atoms. The van der Waals surface area contributed by atoms with E-state index in [2.05, 4.69) is 21.7 Å². The van der Waals surface area contributed by atoms with E-state index in [-0.39, 0.29) is 0 Å². The molecule has 2 fully saturated rings. The van der Waals surface area contributed by atoms with Gasteiger partial charge >= 0.3 is 0 Å². The Morgan fingerprint density at radius 1 is 1.31 bits per heavy atom. The fourth-order valence-electron chi connectivity index (χ4n) is 2.73. The van der Waals surface area contributed by atoms with E-state index in [0.717, 1.165) is 25.8 Å². The number of carbonyl (C=O) groups is 1. The number of likely N-dealkylation sites (tertiary alicyclic amines) is 1. The summed E-state index contributed by atoms with van der Waals surface area (Å²) < 4.78 is 0. The van der Waals surface area contributed by atoms with E-state index in [4.69, 9.17) is 0 Å². The fourth-order valence-corrected chi connectivity index (χ4v) is 3.44. The van der Waals surface area contributed by atoms with Crippen LogP contribution in [-0.4, -0.2) is 17.4 Å². The Kier molecular flexibility index (Phi) is 2.72. The van der Waals surface area contributed by atoms with Crippen LogP contribution in [0.25, 0.3) is 0 Å². The zero-order chi connectivity index (χ0) is 11.0. The molecule has 1 aliphatic heterocycles. The van der Waals surface area contributed by atoms with Crippen molar-refractivity contribution in [2.24, 2.45) is 5.92 Å². The molecule has 1 atom stereocenters. The molecule has 1 aliphatic carbocycles. The van der Waals surface area contributed by atoms with Gasteiger partial charge in [-0.3, -0.25) is 4.79 Å². The molecule has 0 radical (unpaired) electrons. The lowest BCUT2D eigenvalue weighted by atomic mass is 9.84. The highest BCUT2D eigenvalue weighted by Crippen LogP contribution is 2.37. The molecule has 1 saturated carbocycles. The molecule has 0 aromatic carbocycles. The lowest BCUT2D eigenvalue weighted by molar-refractivity contribution is -0.139. The van der Waals surface area contributed by atoms with E-state index in [0.29, 0.717) is 17.9 Å². The minimum Gasteiger partial charge on any atom is -0.335 e. The maximum Gasteiger partial charge on any atom is 0.226 e. The van der Waals surface area contributed by atoms with Crippen molar-refractivity contribution in [2.45, 2.75) is 38.1 Å². The lowest BCUT2D eigenvalue weighted by Crippen LogP contribution is -2.38. The monoisotopic (exact) mass is 235 g/mol. The van der Waals surface area contributed by atoms with E-state index in [1.54, 1.807) is 11.3 Å². The molecule has 2 nitrogen and oxygen atoms in total. The highest BCUT2D eigenvalue weighted by atomic mass is 32.1. The summed E-state index contributed by atoms with van der Waals surface area (Å²) >= 11 is 1.73. The summed E-state index contributed by atoms with van der Waals surface area (Å²) in [6.45, 7) is 0.968. The van der Waals surface area contributed by atoms with Gasteiger partial charge in [-0.2, -0.15) is 11.3 Å². The number of hydrogen-bond acceptors (Lipinski definition) is 2. The van der Waals surface area contributed by atoms with Gasteiger partial charge in [0.25, 0.3) is 0 Å². The van der Waals surface area contributed by atoms with Gasteiger partial charge in [0, 0.05) is 12.5 Å². The Morgan fingerprint density at radius 3 is 2.81 bits per heavy atom. The van der Waals surface area contributed by atoms with E-state index in [1.807, 2.05) is 0 Å². The normalized spacial score (nSPS) is 25.8. The Labute approximate surface area is 100 Å². The largest absolute Gasteiger partial charge is 0.335 e. The van der Waals surface area contributed by atoms with Gasteiger partial charge < -0.3 is 4.90 Å². The third-order valence-corrected chi connectivity index (χ3v) is 4.62. The van der Waals surface area contributed by atoms with Crippen LogP contribution in [0.2, 0.25) is 0 Å². The molecule has 0 N–H and O–H groups in total. The van der Waals surface area contributed by atoms with Crippen LogP contribution in [0, 0.1) is 5.92 Å². The molecule has 1 saturated heterocycles. The number of amides is 1. The summed E-state index contributed by atoms with van der Waals surface area (Å²) in [5.41, 5.74) is 1.34. The number of carbonyl (C=O) groups excluding carboxylic acids is 1. The summed E-state index contributed by atoms with van der Waals surface area (Å²) in [6, 6.07) is 2.54.